The predicted octanol–water partition coefficient (Wildman–Crippen LogP) is 3.31. The van der Waals surface area contributed by atoms with Crippen LogP contribution in [0.3, 0.4) is 0 Å². The van der Waals surface area contributed by atoms with E-state index in [1.807, 2.05) is 22.9 Å². The number of halogens is 1. The summed E-state index contributed by atoms with van der Waals surface area (Å²) in [7, 11) is 0. The quantitative estimate of drug-likeness (QED) is 0.694. The molecule has 0 saturated carbocycles. The molecule has 0 atom stereocenters. The van der Waals surface area contributed by atoms with Gasteiger partial charge in [-0.1, -0.05) is 18.2 Å². The van der Waals surface area contributed by atoms with Gasteiger partial charge in [0.1, 0.15) is 5.82 Å². The minimum atomic E-state index is -0.395. The van der Waals surface area contributed by atoms with Crippen molar-refractivity contribution in [2.45, 2.75) is 6.42 Å². The van der Waals surface area contributed by atoms with Gasteiger partial charge in [-0.05, 0) is 29.1 Å². The Morgan fingerprint density at radius 1 is 1.12 bits per heavy atom. The van der Waals surface area contributed by atoms with Crippen LogP contribution < -0.4 is 10.6 Å². The Labute approximate surface area is 151 Å². The molecule has 8 heteroatoms. The number of carbonyl (C=O) groups is 2. The van der Waals surface area contributed by atoms with Crippen molar-refractivity contribution in [1.29, 1.82) is 0 Å². The van der Waals surface area contributed by atoms with Gasteiger partial charge >= 0.3 is 0 Å². The van der Waals surface area contributed by atoms with Crippen LogP contribution in [-0.4, -0.2) is 23.3 Å². The topological polar surface area (TPSA) is 71.1 Å². The Bertz CT molecular complexity index is 878. The molecule has 0 aliphatic rings. The largest absolute Gasteiger partial charge is 0.347 e. The molecular weight excluding hydrogens is 361 g/mol. The van der Waals surface area contributed by atoms with E-state index in [2.05, 4.69) is 15.6 Å². The van der Waals surface area contributed by atoms with Crippen LogP contribution in [0.15, 0.2) is 47.2 Å². The van der Waals surface area contributed by atoms with E-state index in [4.69, 9.17) is 0 Å². The number of benzene rings is 1. The SMILES string of the molecule is O=C(Cc1cccc(F)c1)NCC(=O)Nc1nc(-c2cccs2)cs1. The van der Waals surface area contributed by atoms with E-state index in [0.29, 0.717) is 10.7 Å². The normalized spacial score (nSPS) is 10.4. The highest BCUT2D eigenvalue weighted by molar-refractivity contribution is 7.16. The van der Waals surface area contributed by atoms with Crippen LogP contribution in [0.5, 0.6) is 0 Å². The van der Waals surface area contributed by atoms with Crippen LogP contribution in [0.4, 0.5) is 9.52 Å². The van der Waals surface area contributed by atoms with Crippen molar-refractivity contribution in [3.8, 4) is 10.6 Å². The molecule has 0 bridgehead atoms. The molecule has 0 fully saturated rings. The number of thiazole rings is 1. The zero-order chi connectivity index (χ0) is 17.6. The highest BCUT2D eigenvalue weighted by Gasteiger charge is 2.10. The molecule has 128 valence electrons. The number of nitrogens with one attached hydrogen (secondary N) is 2. The van der Waals surface area contributed by atoms with Gasteiger partial charge in [-0.15, -0.1) is 22.7 Å². The number of aromatic nitrogens is 1. The van der Waals surface area contributed by atoms with Crippen molar-refractivity contribution in [3.63, 3.8) is 0 Å². The Kier molecular flexibility index (Phi) is 5.52. The zero-order valence-electron chi connectivity index (χ0n) is 13.0. The molecule has 2 N–H and O–H groups in total. The molecule has 3 rings (SSSR count). The molecule has 3 aromatic rings. The van der Waals surface area contributed by atoms with Gasteiger partial charge in [-0.3, -0.25) is 9.59 Å². The molecule has 0 spiro atoms. The van der Waals surface area contributed by atoms with E-state index in [-0.39, 0.29) is 24.8 Å². The first-order valence-corrected chi connectivity index (χ1v) is 9.16. The highest BCUT2D eigenvalue weighted by atomic mass is 32.1. The van der Waals surface area contributed by atoms with Gasteiger partial charge in [0.25, 0.3) is 0 Å². The Balaban J connectivity index is 1.47. The van der Waals surface area contributed by atoms with E-state index in [1.165, 1.54) is 29.5 Å². The molecule has 0 aliphatic carbocycles. The van der Waals surface area contributed by atoms with Crippen molar-refractivity contribution >= 4 is 39.6 Å². The van der Waals surface area contributed by atoms with Crippen LogP contribution in [0.2, 0.25) is 0 Å². The molecule has 2 amide bonds. The smallest absolute Gasteiger partial charge is 0.245 e. The van der Waals surface area contributed by atoms with E-state index in [9.17, 15) is 14.0 Å². The minimum absolute atomic E-state index is 0.0187. The summed E-state index contributed by atoms with van der Waals surface area (Å²) in [5.41, 5.74) is 1.36. The summed E-state index contributed by atoms with van der Waals surface area (Å²) in [6.07, 6.45) is 0.0187. The van der Waals surface area contributed by atoms with Crippen LogP contribution in [0.1, 0.15) is 5.56 Å². The molecule has 0 unspecified atom stereocenters. The molecule has 5 nitrogen and oxygen atoms in total. The molecule has 0 saturated heterocycles. The number of nitrogens with zero attached hydrogens (tertiary/aromatic N) is 1. The fraction of sp³-hybridized carbons (Fsp3) is 0.118. The first-order valence-electron chi connectivity index (χ1n) is 7.40. The lowest BCUT2D eigenvalue weighted by atomic mass is 10.1. The van der Waals surface area contributed by atoms with Crippen LogP contribution in [0.25, 0.3) is 10.6 Å². The molecular formula is C17H14FN3O2S2. The molecule has 25 heavy (non-hydrogen) atoms. The summed E-state index contributed by atoms with van der Waals surface area (Å²) < 4.78 is 13.1. The monoisotopic (exact) mass is 375 g/mol. The van der Waals surface area contributed by atoms with E-state index < -0.39 is 5.82 Å². The number of hydrogen-bond acceptors (Lipinski definition) is 5. The summed E-state index contributed by atoms with van der Waals surface area (Å²) in [5.74, 6) is -1.10. The van der Waals surface area contributed by atoms with Crippen LogP contribution in [-0.2, 0) is 16.0 Å². The number of hydrogen-bond donors (Lipinski definition) is 2. The second kappa shape index (κ2) is 8.00. The molecule has 0 aliphatic heterocycles. The number of carbonyl (C=O) groups excluding carboxylic acids is 2. The van der Waals surface area contributed by atoms with Gasteiger partial charge in [0.05, 0.1) is 23.5 Å². The minimum Gasteiger partial charge on any atom is -0.347 e. The van der Waals surface area contributed by atoms with Crippen LogP contribution >= 0.6 is 22.7 Å². The van der Waals surface area contributed by atoms with E-state index in [0.717, 1.165) is 10.6 Å². The predicted molar refractivity (Wildman–Crippen MR) is 97.2 cm³/mol. The number of anilines is 1. The van der Waals surface area contributed by atoms with Gasteiger partial charge in [-0.2, -0.15) is 0 Å². The summed E-state index contributed by atoms with van der Waals surface area (Å²) in [6, 6.07) is 9.70. The maximum atomic E-state index is 13.1. The molecule has 2 aromatic heterocycles. The standard InChI is InChI=1S/C17H14FN3O2S2/c18-12-4-1-3-11(7-12)8-15(22)19-9-16(23)21-17-20-13(10-25-17)14-5-2-6-24-14/h1-7,10H,8-9H2,(H,19,22)(H,20,21,23). The van der Waals surface area contributed by atoms with Crippen molar-refractivity contribution in [2.24, 2.45) is 0 Å². The van der Waals surface area contributed by atoms with Crippen molar-refractivity contribution in [3.05, 3.63) is 58.5 Å². The fourth-order valence-electron chi connectivity index (χ4n) is 2.11. The molecule has 1 aromatic carbocycles. The Hall–Kier alpha value is -2.58. The number of thiophene rings is 1. The maximum Gasteiger partial charge on any atom is 0.245 e. The second-order valence-electron chi connectivity index (χ2n) is 5.15. The second-order valence-corrected chi connectivity index (χ2v) is 6.95. The average Bonchev–Trinajstić information content (AvgIpc) is 3.24. The summed E-state index contributed by atoms with van der Waals surface area (Å²) >= 11 is 2.90. The first kappa shape index (κ1) is 17.2. The van der Waals surface area contributed by atoms with E-state index >= 15 is 0 Å². The van der Waals surface area contributed by atoms with Crippen molar-refractivity contribution in [2.75, 3.05) is 11.9 Å². The van der Waals surface area contributed by atoms with Crippen molar-refractivity contribution in [1.82, 2.24) is 10.3 Å². The molecule has 2 heterocycles. The first-order chi connectivity index (χ1) is 12.1. The maximum absolute atomic E-state index is 13.1. The third kappa shape index (κ3) is 4.94. The fourth-order valence-corrected chi connectivity index (χ4v) is 3.59. The van der Waals surface area contributed by atoms with E-state index in [1.54, 1.807) is 17.4 Å². The van der Waals surface area contributed by atoms with Gasteiger partial charge in [0.2, 0.25) is 11.8 Å². The summed E-state index contributed by atoms with van der Waals surface area (Å²) in [5, 5.41) is 9.47. The average molecular weight is 375 g/mol. The van der Waals surface area contributed by atoms with Crippen LogP contribution in [0, 0.1) is 5.82 Å². The van der Waals surface area contributed by atoms with Gasteiger partial charge < -0.3 is 10.6 Å². The van der Waals surface area contributed by atoms with Gasteiger partial charge in [0, 0.05) is 5.38 Å². The molecule has 0 radical (unpaired) electrons. The number of rotatable bonds is 6. The zero-order valence-corrected chi connectivity index (χ0v) is 14.6. The summed E-state index contributed by atoms with van der Waals surface area (Å²) in [4.78, 5) is 29.1. The Morgan fingerprint density at radius 3 is 2.76 bits per heavy atom. The third-order valence-electron chi connectivity index (χ3n) is 3.22. The van der Waals surface area contributed by atoms with Gasteiger partial charge in [-0.25, -0.2) is 9.37 Å². The van der Waals surface area contributed by atoms with Crippen molar-refractivity contribution < 1.29 is 14.0 Å². The van der Waals surface area contributed by atoms with Gasteiger partial charge in [0.15, 0.2) is 5.13 Å². The lowest BCUT2D eigenvalue weighted by molar-refractivity contribution is -0.123. The third-order valence-corrected chi connectivity index (χ3v) is 4.87. The highest BCUT2D eigenvalue weighted by Crippen LogP contribution is 2.28. The Morgan fingerprint density at radius 2 is 2.00 bits per heavy atom. The summed E-state index contributed by atoms with van der Waals surface area (Å²) in [6.45, 7) is -0.165. The number of amides is 2. The lowest BCUT2D eigenvalue weighted by Crippen LogP contribution is -2.33. The lowest BCUT2D eigenvalue weighted by Gasteiger charge is -2.05.